The number of aromatic nitrogens is 7. The van der Waals surface area contributed by atoms with Gasteiger partial charge in [0, 0.05) is 19.7 Å². The second kappa shape index (κ2) is 6.54. The van der Waals surface area contributed by atoms with E-state index in [2.05, 4.69) is 30.4 Å². The van der Waals surface area contributed by atoms with Crippen molar-refractivity contribution in [1.82, 2.24) is 35.2 Å². The van der Waals surface area contributed by atoms with Crippen molar-refractivity contribution in [3.8, 4) is 11.4 Å². The molecule has 1 aromatic carbocycles. The Kier molecular flexibility index (Phi) is 4.40. The van der Waals surface area contributed by atoms with E-state index in [-0.39, 0.29) is 23.9 Å². The highest BCUT2D eigenvalue weighted by molar-refractivity contribution is 5.55. The Labute approximate surface area is 145 Å². The molecule has 0 unspecified atom stereocenters. The first-order chi connectivity index (χ1) is 12.2. The van der Waals surface area contributed by atoms with Crippen LogP contribution in [0.1, 0.15) is 11.4 Å². The highest BCUT2D eigenvalue weighted by Gasteiger charge is 2.30. The molecule has 3 aromatic rings. The number of hydrogen-bond donors (Lipinski definition) is 1. The molecule has 2 N–H and O–H groups in total. The van der Waals surface area contributed by atoms with Gasteiger partial charge < -0.3 is 10.6 Å². The zero-order valence-electron chi connectivity index (χ0n) is 13.8. The van der Waals surface area contributed by atoms with Gasteiger partial charge in [0.1, 0.15) is 6.54 Å². The Bertz CT molecular complexity index is 920. The van der Waals surface area contributed by atoms with Crippen LogP contribution in [0.25, 0.3) is 11.4 Å². The molecule has 0 bridgehead atoms. The van der Waals surface area contributed by atoms with Crippen LogP contribution >= 0.6 is 0 Å². The van der Waals surface area contributed by atoms with Crippen LogP contribution in [0.3, 0.4) is 0 Å². The van der Waals surface area contributed by atoms with Crippen LogP contribution in [0.4, 0.5) is 25.1 Å². The van der Waals surface area contributed by atoms with E-state index in [1.165, 1.54) is 16.9 Å². The standard InChI is InChI=1S/C14H14F3N9/c1-25(2)13-20-10(19-12(18)21-13)7-26-23-11(22-24-26)8-4-3-5-9(6-8)14(15,16)17/h3-6H,7H2,1-2H3,(H2,18,19,20,21). The highest BCUT2D eigenvalue weighted by atomic mass is 19.4. The van der Waals surface area contributed by atoms with Gasteiger partial charge in [-0.15, -0.1) is 10.2 Å². The number of nitrogen functional groups attached to an aromatic ring is 1. The van der Waals surface area contributed by atoms with Gasteiger partial charge in [0.2, 0.25) is 17.7 Å². The number of benzene rings is 1. The summed E-state index contributed by atoms with van der Waals surface area (Å²) in [7, 11) is 3.50. The smallest absolute Gasteiger partial charge is 0.368 e. The molecule has 0 aliphatic heterocycles. The van der Waals surface area contributed by atoms with Gasteiger partial charge in [0.25, 0.3) is 0 Å². The van der Waals surface area contributed by atoms with E-state index in [1.54, 1.807) is 19.0 Å². The van der Waals surface area contributed by atoms with Crippen molar-refractivity contribution in [3.05, 3.63) is 35.7 Å². The first kappa shape index (κ1) is 17.5. The molecular weight excluding hydrogens is 351 g/mol. The summed E-state index contributed by atoms with van der Waals surface area (Å²) < 4.78 is 38.5. The third-order valence-electron chi connectivity index (χ3n) is 3.27. The van der Waals surface area contributed by atoms with Crippen LogP contribution in [-0.4, -0.2) is 49.3 Å². The molecule has 0 saturated carbocycles. The molecule has 0 spiro atoms. The monoisotopic (exact) mass is 365 g/mol. The van der Waals surface area contributed by atoms with Gasteiger partial charge >= 0.3 is 6.18 Å². The van der Waals surface area contributed by atoms with Crippen molar-refractivity contribution in [2.45, 2.75) is 12.7 Å². The highest BCUT2D eigenvalue weighted by Crippen LogP contribution is 2.31. The molecule has 3 rings (SSSR count). The summed E-state index contributed by atoms with van der Waals surface area (Å²) >= 11 is 0. The van der Waals surface area contributed by atoms with E-state index in [9.17, 15) is 13.2 Å². The quantitative estimate of drug-likeness (QED) is 0.735. The molecule has 26 heavy (non-hydrogen) atoms. The molecule has 0 amide bonds. The Morgan fingerprint density at radius 2 is 1.92 bits per heavy atom. The topological polar surface area (TPSA) is 112 Å². The maximum Gasteiger partial charge on any atom is 0.416 e. The molecule has 0 atom stereocenters. The van der Waals surface area contributed by atoms with E-state index < -0.39 is 11.7 Å². The van der Waals surface area contributed by atoms with Crippen LogP contribution < -0.4 is 10.6 Å². The number of hydrogen-bond acceptors (Lipinski definition) is 8. The SMILES string of the molecule is CN(C)c1nc(N)nc(Cn2nnc(-c3cccc(C(F)(F)F)c3)n2)n1. The first-order valence-corrected chi connectivity index (χ1v) is 7.35. The third-order valence-corrected chi connectivity index (χ3v) is 3.27. The van der Waals surface area contributed by atoms with Crippen molar-refractivity contribution >= 4 is 11.9 Å². The van der Waals surface area contributed by atoms with Gasteiger partial charge in [-0.05, 0) is 17.3 Å². The van der Waals surface area contributed by atoms with Gasteiger partial charge in [-0.25, -0.2) is 0 Å². The summed E-state index contributed by atoms with van der Waals surface area (Å²) in [5, 5.41) is 11.7. The fourth-order valence-electron chi connectivity index (χ4n) is 2.08. The van der Waals surface area contributed by atoms with E-state index >= 15 is 0 Å². The molecule has 9 nitrogen and oxygen atoms in total. The summed E-state index contributed by atoms with van der Waals surface area (Å²) in [5.41, 5.74) is 5.06. The van der Waals surface area contributed by atoms with Crippen molar-refractivity contribution in [3.63, 3.8) is 0 Å². The Balaban J connectivity index is 1.85. The van der Waals surface area contributed by atoms with Gasteiger partial charge in [0.15, 0.2) is 5.82 Å². The number of anilines is 2. The second-order valence-corrected chi connectivity index (χ2v) is 5.53. The van der Waals surface area contributed by atoms with Crippen LogP contribution in [0.2, 0.25) is 0 Å². The fourth-order valence-corrected chi connectivity index (χ4v) is 2.08. The molecule has 0 fully saturated rings. The number of alkyl halides is 3. The van der Waals surface area contributed by atoms with E-state index in [0.29, 0.717) is 11.8 Å². The minimum Gasteiger partial charge on any atom is -0.368 e. The summed E-state index contributed by atoms with van der Waals surface area (Å²) in [6.07, 6.45) is -4.45. The van der Waals surface area contributed by atoms with Gasteiger partial charge in [0.05, 0.1) is 5.56 Å². The fraction of sp³-hybridized carbons (Fsp3) is 0.286. The average molecular weight is 365 g/mol. The Morgan fingerprint density at radius 3 is 2.62 bits per heavy atom. The van der Waals surface area contributed by atoms with Crippen LogP contribution in [-0.2, 0) is 12.7 Å². The Hall–Kier alpha value is -3.31. The predicted molar refractivity (Wildman–Crippen MR) is 85.9 cm³/mol. The van der Waals surface area contributed by atoms with Crippen molar-refractivity contribution in [1.29, 1.82) is 0 Å². The third kappa shape index (κ3) is 3.84. The summed E-state index contributed by atoms with van der Waals surface area (Å²) in [6, 6.07) is 4.70. The summed E-state index contributed by atoms with van der Waals surface area (Å²) in [5.74, 6) is 0.766. The van der Waals surface area contributed by atoms with E-state index in [1.807, 2.05) is 0 Å². The molecule has 136 valence electrons. The van der Waals surface area contributed by atoms with E-state index in [0.717, 1.165) is 12.1 Å². The van der Waals surface area contributed by atoms with E-state index in [4.69, 9.17) is 5.73 Å². The van der Waals surface area contributed by atoms with Crippen LogP contribution in [0.5, 0.6) is 0 Å². The molecule has 0 radical (unpaired) electrons. The predicted octanol–water partition coefficient (Wildman–Crippen LogP) is 1.24. The van der Waals surface area contributed by atoms with Crippen molar-refractivity contribution in [2.75, 3.05) is 24.7 Å². The minimum absolute atomic E-state index is 0.0388. The molecule has 0 aliphatic rings. The number of nitrogens with two attached hydrogens (primary N) is 1. The van der Waals surface area contributed by atoms with Crippen molar-refractivity contribution in [2.24, 2.45) is 0 Å². The molecular formula is C14H14F3N9. The van der Waals surface area contributed by atoms with Crippen LogP contribution in [0, 0.1) is 0 Å². The number of nitrogens with zero attached hydrogens (tertiary/aromatic N) is 8. The van der Waals surface area contributed by atoms with Gasteiger partial charge in [-0.2, -0.15) is 32.9 Å². The largest absolute Gasteiger partial charge is 0.416 e. The maximum absolute atomic E-state index is 12.8. The zero-order chi connectivity index (χ0) is 18.9. The van der Waals surface area contributed by atoms with Gasteiger partial charge in [-0.1, -0.05) is 12.1 Å². The molecule has 2 aromatic heterocycles. The first-order valence-electron chi connectivity index (χ1n) is 7.35. The van der Waals surface area contributed by atoms with Crippen LogP contribution in [0.15, 0.2) is 24.3 Å². The molecule has 12 heteroatoms. The lowest BCUT2D eigenvalue weighted by molar-refractivity contribution is -0.137. The summed E-state index contributed by atoms with van der Waals surface area (Å²) in [6.45, 7) is 0.0412. The van der Waals surface area contributed by atoms with Crippen molar-refractivity contribution < 1.29 is 13.2 Å². The normalized spacial score (nSPS) is 11.6. The number of tetrazole rings is 1. The average Bonchev–Trinajstić information content (AvgIpc) is 3.02. The maximum atomic E-state index is 12.8. The molecule has 0 aliphatic carbocycles. The lowest BCUT2D eigenvalue weighted by Crippen LogP contribution is -2.17. The minimum atomic E-state index is -4.45. The second-order valence-electron chi connectivity index (χ2n) is 5.53. The lowest BCUT2D eigenvalue weighted by atomic mass is 10.1. The number of halogens is 3. The molecule has 2 heterocycles. The lowest BCUT2D eigenvalue weighted by Gasteiger charge is -2.10. The summed E-state index contributed by atoms with van der Waals surface area (Å²) in [4.78, 5) is 15.0. The molecule has 0 saturated heterocycles. The Morgan fingerprint density at radius 1 is 1.15 bits per heavy atom. The zero-order valence-corrected chi connectivity index (χ0v) is 13.8. The van der Waals surface area contributed by atoms with Gasteiger partial charge in [-0.3, -0.25) is 0 Å². The number of rotatable bonds is 4.